The SMILES string of the molecule is CC(=O)NCCC(=O)N1CCc2ccc(C(N)=O)cc21. The summed E-state index contributed by atoms with van der Waals surface area (Å²) >= 11 is 0. The Morgan fingerprint density at radius 1 is 1.35 bits per heavy atom. The van der Waals surface area contributed by atoms with Crippen LogP contribution in [0.2, 0.25) is 0 Å². The number of benzene rings is 1. The molecule has 1 aromatic carbocycles. The maximum atomic E-state index is 12.1. The molecule has 6 heteroatoms. The Balaban J connectivity index is 2.10. The van der Waals surface area contributed by atoms with E-state index in [1.807, 2.05) is 6.07 Å². The number of amides is 3. The summed E-state index contributed by atoms with van der Waals surface area (Å²) in [5.41, 5.74) is 7.42. The molecule has 0 aliphatic carbocycles. The van der Waals surface area contributed by atoms with Crippen LogP contribution in [0.4, 0.5) is 5.69 Å². The lowest BCUT2D eigenvalue weighted by Crippen LogP contribution is -2.32. The van der Waals surface area contributed by atoms with E-state index in [4.69, 9.17) is 5.73 Å². The first-order valence-corrected chi connectivity index (χ1v) is 6.46. The molecule has 1 heterocycles. The highest BCUT2D eigenvalue weighted by Gasteiger charge is 2.25. The number of nitrogens with zero attached hydrogens (tertiary/aromatic N) is 1. The van der Waals surface area contributed by atoms with Crippen LogP contribution in [0.3, 0.4) is 0 Å². The zero-order chi connectivity index (χ0) is 14.7. The first kappa shape index (κ1) is 14.0. The molecule has 0 unspecified atom stereocenters. The normalized spacial score (nSPS) is 12.9. The third-order valence-corrected chi connectivity index (χ3v) is 3.28. The van der Waals surface area contributed by atoms with Crippen molar-refractivity contribution >= 4 is 23.4 Å². The van der Waals surface area contributed by atoms with Crippen LogP contribution in [-0.4, -0.2) is 30.8 Å². The predicted octanol–water partition coefficient (Wildman–Crippen LogP) is 0.201. The summed E-state index contributed by atoms with van der Waals surface area (Å²) in [6, 6.07) is 5.16. The van der Waals surface area contributed by atoms with Gasteiger partial charge in [-0.25, -0.2) is 0 Å². The number of rotatable bonds is 4. The van der Waals surface area contributed by atoms with Crippen molar-refractivity contribution in [1.29, 1.82) is 0 Å². The highest BCUT2D eigenvalue weighted by Crippen LogP contribution is 2.29. The first-order valence-electron chi connectivity index (χ1n) is 6.46. The molecule has 0 atom stereocenters. The molecule has 3 N–H and O–H groups in total. The third-order valence-electron chi connectivity index (χ3n) is 3.28. The van der Waals surface area contributed by atoms with Crippen LogP contribution in [0, 0.1) is 0 Å². The van der Waals surface area contributed by atoms with E-state index in [-0.39, 0.29) is 18.2 Å². The molecule has 1 aromatic rings. The second-order valence-electron chi connectivity index (χ2n) is 4.74. The van der Waals surface area contributed by atoms with Crippen LogP contribution >= 0.6 is 0 Å². The summed E-state index contributed by atoms with van der Waals surface area (Å²) in [7, 11) is 0. The molecule has 1 aliphatic heterocycles. The largest absolute Gasteiger partial charge is 0.366 e. The zero-order valence-electron chi connectivity index (χ0n) is 11.3. The summed E-state index contributed by atoms with van der Waals surface area (Å²) in [4.78, 5) is 35.7. The minimum atomic E-state index is -0.509. The van der Waals surface area contributed by atoms with Crippen LogP contribution in [-0.2, 0) is 16.0 Å². The Bertz CT molecular complexity index is 569. The van der Waals surface area contributed by atoms with E-state index in [9.17, 15) is 14.4 Å². The Morgan fingerprint density at radius 3 is 2.75 bits per heavy atom. The van der Waals surface area contributed by atoms with Gasteiger partial charge in [-0.15, -0.1) is 0 Å². The molecule has 106 valence electrons. The van der Waals surface area contributed by atoms with Gasteiger partial charge in [-0.3, -0.25) is 14.4 Å². The molecule has 0 radical (unpaired) electrons. The van der Waals surface area contributed by atoms with Gasteiger partial charge in [0.2, 0.25) is 17.7 Å². The third kappa shape index (κ3) is 2.96. The van der Waals surface area contributed by atoms with Gasteiger partial charge in [-0.05, 0) is 24.1 Å². The molecule has 0 saturated heterocycles. The van der Waals surface area contributed by atoms with E-state index in [2.05, 4.69) is 5.32 Å². The standard InChI is InChI=1S/C14H17N3O3/c1-9(18)16-6-4-13(19)17-7-5-10-2-3-11(14(15)20)8-12(10)17/h2-3,8H,4-7H2,1H3,(H2,15,20)(H,16,18). The first-order chi connectivity index (χ1) is 9.49. The Hall–Kier alpha value is -2.37. The van der Waals surface area contributed by atoms with Crippen LogP contribution < -0.4 is 16.0 Å². The van der Waals surface area contributed by atoms with Gasteiger partial charge in [-0.2, -0.15) is 0 Å². The quantitative estimate of drug-likeness (QED) is 0.822. The van der Waals surface area contributed by atoms with E-state index in [1.54, 1.807) is 17.0 Å². The summed E-state index contributed by atoms with van der Waals surface area (Å²) in [5, 5.41) is 2.59. The van der Waals surface area contributed by atoms with Gasteiger partial charge in [0.05, 0.1) is 0 Å². The number of carbonyl (C=O) groups is 3. The van der Waals surface area contributed by atoms with Gasteiger partial charge in [0, 0.05) is 37.7 Å². The van der Waals surface area contributed by atoms with Crippen molar-refractivity contribution in [2.24, 2.45) is 5.73 Å². The van der Waals surface area contributed by atoms with Crippen molar-refractivity contribution in [2.45, 2.75) is 19.8 Å². The summed E-state index contributed by atoms with van der Waals surface area (Å²) in [5.74, 6) is -0.736. The van der Waals surface area contributed by atoms with Crippen LogP contribution in [0.1, 0.15) is 29.3 Å². The second-order valence-corrected chi connectivity index (χ2v) is 4.74. The molecule has 20 heavy (non-hydrogen) atoms. The summed E-state index contributed by atoms with van der Waals surface area (Å²) in [6.07, 6.45) is 1.00. The number of carbonyl (C=O) groups excluding carboxylic acids is 3. The number of hydrogen-bond acceptors (Lipinski definition) is 3. The van der Waals surface area contributed by atoms with E-state index in [1.165, 1.54) is 6.92 Å². The molecular weight excluding hydrogens is 258 g/mol. The minimum Gasteiger partial charge on any atom is -0.366 e. The Labute approximate surface area is 116 Å². The number of nitrogens with one attached hydrogen (secondary N) is 1. The van der Waals surface area contributed by atoms with E-state index in [0.29, 0.717) is 18.7 Å². The van der Waals surface area contributed by atoms with Crippen LogP contribution in [0.15, 0.2) is 18.2 Å². The van der Waals surface area contributed by atoms with Gasteiger partial charge >= 0.3 is 0 Å². The molecule has 6 nitrogen and oxygen atoms in total. The molecule has 2 rings (SSSR count). The smallest absolute Gasteiger partial charge is 0.248 e. The number of anilines is 1. The van der Waals surface area contributed by atoms with E-state index in [0.717, 1.165) is 17.7 Å². The molecule has 0 bridgehead atoms. The van der Waals surface area contributed by atoms with Crippen molar-refractivity contribution in [3.8, 4) is 0 Å². The van der Waals surface area contributed by atoms with Crippen molar-refractivity contribution in [3.05, 3.63) is 29.3 Å². The average molecular weight is 275 g/mol. The van der Waals surface area contributed by atoms with Crippen LogP contribution in [0.25, 0.3) is 0 Å². The van der Waals surface area contributed by atoms with E-state index < -0.39 is 5.91 Å². The van der Waals surface area contributed by atoms with Crippen molar-refractivity contribution < 1.29 is 14.4 Å². The molecule has 0 fully saturated rings. The Morgan fingerprint density at radius 2 is 2.10 bits per heavy atom. The topological polar surface area (TPSA) is 92.5 Å². The maximum absolute atomic E-state index is 12.1. The number of hydrogen-bond donors (Lipinski definition) is 2. The van der Waals surface area contributed by atoms with Crippen molar-refractivity contribution in [2.75, 3.05) is 18.0 Å². The number of fused-ring (bicyclic) bond motifs is 1. The molecule has 3 amide bonds. The second kappa shape index (κ2) is 5.73. The van der Waals surface area contributed by atoms with Gasteiger partial charge in [0.1, 0.15) is 0 Å². The van der Waals surface area contributed by atoms with Gasteiger partial charge < -0.3 is 16.0 Å². The molecule has 1 aliphatic rings. The minimum absolute atomic E-state index is 0.0703. The molecular formula is C14H17N3O3. The highest BCUT2D eigenvalue weighted by molar-refractivity contribution is 5.99. The van der Waals surface area contributed by atoms with Crippen molar-refractivity contribution in [3.63, 3.8) is 0 Å². The zero-order valence-corrected chi connectivity index (χ0v) is 11.3. The van der Waals surface area contributed by atoms with Crippen molar-refractivity contribution in [1.82, 2.24) is 5.32 Å². The number of nitrogens with two attached hydrogens (primary N) is 1. The fraction of sp³-hybridized carbons (Fsp3) is 0.357. The van der Waals surface area contributed by atoms with Gasteiger partial charge in [-0.1, -0.05) is 6.07 Å². The number of primary amides is 1. The van der Waals surface area contributed by atoms with Gasteiger partial charge in [0.15, 0.2) is 0 Å². The fourth-order valence-electron chi connectivity index (χ4n) is 2.27. The molecule has 0 aromatic heterocycles. The highest BCUT2D eigenvalue weighted by atomic mass is 16.2. The van der Waals surface area contributed by atoms with Crippen LogP contribution in [0.5, 0.6) is 0 Å². The molecule has 0 spiro atoms. The summed E-state index contributed by atoms with van der Waals surface area (Å²) in [6.45, 7) is 2.32. The average Bonchev–Trinajstić information content (AvgIpc) is 2.80. The Kier molecular flexibility index (Phi) is 4.02. The summed E-state index contributed by atoms with van der Waals surface area (Å²) < 4.78 is 0. The molecule has 0 saturated carbocycles. The monoisotopic (exact) mass is 275 g/mol. The lowest BCUT2D eigenvalue weighted by molar-refractivity contribution is -0.119. The van der Waals surface area contributed by atoms with Gasteiger partial charge in [0.25, 0.3) is 0 Å². The predicted molar refractivity (Wildman–Crippen MR) is 74.3 cm³/mol. The lowest BCUT2D eigenvalue weighted by atomic mass is 10.1. The van der Waals surface area contributed by atoms with E-state index >= 15 is 0 Å². The lowest BCUT2D eigenvalue weighted by Gasteiger charge is -2.17. The maximum Gasteiger partial charge on any atom is 0.248 e. The fourth-order valence-corrected chi connectivity index (χ4v) is 2.27.